The molecular formula is C13H26N2O3S. The fraction of sp³-hybridized carbons (Fsp3) is 1.00. The third kappa shape index (κ3) is 4.70. The van der Waals surface area contributed by atoms with Gasteiger partial charge in [0.15, 0.2) is 0 Å². The molecule has 0 spiro atoms. The summed E-state index contributed by atoms with van der Waals surface area (Å²) >= 11 is 0. The predicted octanol–water partition coefficient (Wildman–Crippen LogP) is 0.817. The Balaban J connectivity index is 1.83. The van der Waals surface area contributed by atoms with Crippen LogP contribution in [0.15, 0.2) is 0 Å². The van der Waals surface area contributed by atoms with Crippen LogP contribution in [0.5, 0.6) is 0 Å². The van der Waals surface area contributed by atoms with E-state index in [4.69, 9.17) is 4.74 Å². The quantitative estimate of drug-likeness (QED) is 0.814. The average molecular weight is 290 g/mol. The van der Waals surface area contributed by atoms with E-state index >= 15 is 0 Å². The first-order valence-corrected chi connectivity index (χ1v) is 8.94. The van der Waals surface area contributed by atoms with E-state index in [1.165, 1.54) is 0 Å². The molecule has 0 saturated carbocycles. The van der Waals surface area contributed by atoms with Crippen molar-refractivity contribution in [3.05, 3.63) is 0 Å². The lowest BCUT2D eigenvalue weighted by molar-refractivity contribution is 0.0620. The van der Waals surface area contributed by atoms with Crippen LogP contribution in [0.25, 0.3) is 0 Å². The van der Waals surface area contributed by atoms with Gasteiger partial charge in [0.05, 0.1) is 5.75 Å². The van der Waals surface area contributed by atoms with Crippen LogP contribution >= 0.6 is 0 Å². The first-order valence-electron chi connectivity index (χ1n) is 7.33. The number of nitrogens with one attached hydrogen (secondary N) is 1. The number of nitrogens with zero attached hydrogens (tertiary/aromatic N) is 1. The zero-order chi connectivity index (χ0) is 13.7. The summed E-state index contributed by atoms with van der Waals surface area (Å²) in [5.74, 6) is 0.694. The van der Waals surface area contributed by atoms with E-state index < -0.39 is 10.0 Å². The Morgan fingerprint density at radius 1 is 1.21 bits per heavy atom. The molecule has 0 bridgehead atoms. The van der Waals surface area contributed by atoms with Crippen molar-refractivity contribution in [1.82, 2.24) is 9.62 Å². The molecule has 0 aromatic heterocycles. The Morgan fingerprint density at radius 3 is 2.58 bits per heavy atom. The van der Waals surface area contributed by atoms with E-state index in [2.05, 4.69) is 5.32 Å². The second-order valence-corrected chi connectivity index (χ2v) is 7.88. The maximum atomic E-state index is 12.3. The van der Waals surface area contributed by atoms with Gasteiger partial charge in [0.2, 0.25) is 10.0 Å². The predicted molar refractivity (Wildman–Crippen MR) is 75.6 cm³/mol. The van der Waals surface area contributed by atoms with Crippen LogP contribution in [0.1, 0.15) is 32.1 Å². The fourth-order valence-corrected chi connectivity index (χ4v) is 4.34. The van der Waals surface area contributed by atoms with Gasteiger partial charge in [-0.1, -0.05) is 6.42 Å². The molecule has 0 aromatic rings. The van der Waals surface area contributed by atoms with E-state index in [-0.39, 0.29) is 11.8 Å². The van der Waals surface area contributed by atoms with E-state index in [0.29, 0.717) is 12.5 Å². The van der Waals surface area contributed by atoms with Crippen LogP contribution in [0.2, 0.25) is 0 Å². The lowest BCUT2D eigenvalue weighted by Gasteiger charge is -2.29. The second-order valence-electron chi connectivity index (χ2n) is 5.76. The minimum absolute atomic E-state index is 0.135. The van der Waals surface area contributed by atoms with Crippen LogP contribution < -0.4 is 5.32 Å². The van der Waals surface area contributed by atoms with Gasteiger partial charge in [-0.25, -0.2) is 12.7 Å². The molecule has 6 heteroatoms. The van der Waals surface area contributed by atoms with Gasteiger partial charge in [0, 0.05) is 32.8 Å². The standard InChI is InChI=1S/C13H26N2O3S/c1-15(10-12-5-8-18-9-6-12)19(16,17)11-13-4-2-3-7-14-13/h12-14H,2-11H2,1H3. The number of hydrogen-bond acceptors (Lipinski definition) is 4. The average Bonchev–Trinajstić information content (AvgIpc) is 2.40. The number of ether oxygens (including phenoxy) is 1. The Labute approximate surface area is 116 Å². The molecule has 0 aromatic carbocycles. The highest BCUT2D eigenvalue weighted by molar-refractivity contribution is 7.89. The fourth-order valence-electron chi connectivity index (χ4n) is 2.85. The zero-order valence-corrected chi connectivity index (χ0v) is 12.6. The summed E-state index contributed by atoms with van der Waals surface area (Å²) in [7, 11) is -1.41. The molecule has 112 valence electrons. The van der Waals surface area contributed by atoms with Crippen LogP contribution in [0, 0.1) is 5.92 Å². The molecule has 1 N–H and O–H groups in total. The summed E-state index contributed by atoms with van der Waals surface area (Å²) in [4.78, 5) is 0. The Kier molecular flexibility index (Phi) is 5.62. The highest BCUT2D eigenvalue weighted by Crippen LogP contribution is 2.18. The first kappa shape index (κ1) is 15.2. The Hall–Kier alpha value is -0.170. The van der Waals surface area contributed by atoms with Crippen molar-refractivity contribution < 1.29 is 13.2 Å². The third-order valence-electron chi connectivity index (χ3n) is 4.16. The van der Waals surface area contributed by atoms with Crippen molar-refractivity contribution in [2.45, 2.75) is 38.1 Å². The van der Waals surface area contributed by atoms with Gasteiger partial charge >= 0.3 is 0 Å². The van der Waals surface area contributed by atoms with Crippen LogP contribution in [-0.4, -0.2) is 57.9 Å². The van der Waals surface area contributed by atoms with Crippen LogP contribution in [0.3, 0.4) is 0 Å². The molecule has 2 fully saturated rings. The van der Waals surface area contributed by atoms with Gasteiger partial charge < -0.3 is 10.1 Å². The minimum Gasteiger partial charge on any atom is -0.381 e. The van der Waals surface area contributed by atoms with E-state index in [0.717, 1.165) is 51.9 Å². The summed E-state index contributed by atoms with van der Waals surface area (Å²) in [6.45, 7) is 3.12. The van der Waals surface area contributed by atoms with Crippen molar-refractivity contribution in [2.75, 3.05) is 39.1 Å². The molecule has 2 aliphatic heterocycles. The van der Waals surface area contributed by atoms with E-state index in [1.54, 1.807) is 11.4 Å². The SMILES string of the molecule is CN(CC1CCOCC1)S(=O)(=O)CC1CCCCN1. The highest BCUT2D eigenvalue weighted by atomic mass is 32.2. The summed E-state index contributed by atoms with van der Waals surface area (Å²) < 4.78 is 31.5. The number of sulfonamides is 1. The van der Waals surface area contributed by atoms with Gasteiger partial charge in [-0.15, -0.1) is 0 Å². The van der Waals surface area contributed by atoms with Crippen molar-refractivity contribution >= 4 is 10.0 Å². The van der Waals surface area contributed by atoms with Gasteiger partial charge in [-0.2, -0.15) is 0 Å². The van der Waals surface area contributed by atoms with E-state index in [9.17, 15) is 8.42 Å². The minimum atomic E-state index is -3.13. The molecule has 2 aliphatic rings. The molecule has 2 saturated heterocycles. The van der Waals surface area contributed by atoms with Gasteiger partial charge in [0.1, 0.15) is 0 Å². The maximum Gasteiger partial charge on any atom is 0.215 e. The molecule has 19 heavy (non-hydrogen) atoms. The van der Waals surface area contributed by atoms with Crippen LogP contribution in [0.4, 0.5) is 0 Å². The number of piperidine rings is 1. The van der Waals surface area contributed by atoms with Crippen molar-refractivity contribution in [1.29, 1.82) is 0 Å². The lowest BCUT2D eigenvalue weighted by atomic mass is 10.0. The van der Waals surface area contributed by atoms with Crippen molar-refractivity contribution in [3.8, 4) is 0 Å². The second kappa shape index (κ2) is 7.02. The Bertz CT molecular complexity index is 360. The molecule has 0 amide bonds. The first-order chi connectivity index (χ1) is 9.08. The molecular weight excluding hydrogens is 264 g/mol. The van der Waals surface area contributed by atoms with Crippen molar-refractivity contribution in [3.63, 3.8) is 0 Å². The smallest absolute Gasteiger partial charge is 0.215 e. The summed E-state index contributed by atoms with van der Waals surface area (Å²) in [6.07, 6.45) is 5.22. The van der Waals surface area contributed by atoms with Gasteiger partial charge in [0.25, 0.3) is 0 Å². The Morgan fingerprint density at radius 2 is 1.95 bits per heavy atom. The number of rotatable bonds is 5. The maximum absolute atomic E-state index is 12.3. The summed E-state index contributed by atoms with van der Waals surface area (Å²) in [5.41, 5.74) is 0. The van der Waals surface area contributed by atoms with Gasteiger partial charge in [-0.05, 0) is 38.1 Å². The third-order valence-corrected chi connectivity index (χ3v) is 6.08. The molecule has 0 radical (unpaired) electrons. The summed E-state index contributed by atoms with van der Waals surface area (Å²) in [6, 6.07) is 0.135. The van der Waals surface area contributed by atoms with Crippen LogP contribution in [-0.2, 0) is 14.8 Å². The normalized spacial score (nSPS) is 26.7. The molecule has 0 aliphatic carbocycles. The highest BCUT2D eigenvalue weighted by Gasteiger charge is 2.27. The van der Waals surface area contributed by atoms with Crippen molar-refractivity contribution in [2.24, 2.45) is 5.92 Å². The molecule has 1 atom stereocenters. The lowest BCUT2D eigenvalue weighted by Crippen LogP contribution is -2.44. The molecule has 1 unspecified atom stereocenters. The molecule has 2 rings (SSSR count). The molecule has 2 heterocycles. The largest absolute Gasteiger partial charge is 0.381 e. The van der Waals surface area contributed by atoms with E-state index in [1.807, 2.05) is 0 Å². The monoisotopic (exact) mass is 290 g/mol. The molecule has 5 nitrogen and oxygen atoms in total. The zero-order valence-electron chi connectivity index (χ0n) is 11.8. The topological polar surface area (TPSA) is 58.6 Å². The number of hydrogen-bond donors (Lipinski definition) is 1. The van der Waals surface area contributed by atoms with Gasteiger partial charge in [-0.3, -0.25) is 0 Å². The summed E-state index contributed by atoms with van der Waals surface area (Å²) in [5, 5.41) is 3.31.